The van der Waals surface area contributed by atoms with E-state index in [9.17, 15) is 4.79 Å². The standard InChI is InChI=1S/C8H18N2O/c1-4-7(6-9-3)8(11)10-5-2/h7,9H,4-6H2,1-3H3,(H,10,11). The SMILES string of the molecule is CCNC(=O)C(CC)CNC. The first-order valence-electron chi connectivity index (χ1n) is 4.18. The lowest BCUT2D eigenvalue weighted by Gasteiger charge is -2.12. The molecule has 0 radical (unpaired) electrons. The van der Waals surface area contributed by atoms with Crippen LogP contribution in [-0.4, -0.2) is 26.0 Å². The highest BCUT2D eigenvalue weighted by atomic mass is 16.1. The van der Waals surface area contributed by atoms with Crippen LogP contribution >= 0.6 is 0 Å². The molecule has 1 amide bonds. The van der Waals surface area contributed by atoms with E-state index < -0.39 is 0 Å². The molecule has 0 aliphatic heterocycles. The van der Waals surface area contributed by atoms with Gasteiger partial charge in [-0.2, -0.15) is 0 Å². The first-order chi connectivity index (χ1) is 5.26. The lowest BCUT2D eigenvalue weighted by molar-refractivity contribution is -0.124. The van der Waals surface area contributed by atoms with Crippen molar-refractivity contribution in [2.24, 2.45) is 5.92 Å². The van der Waals surface area contributed by atoms with E-state index in [4.69, 9.17) is 0 Å². The topological polar surface area (TPSA) is 41.1 Å². The molecule has 0 aliphatic rings. The van der Waals surface area contributed by atoms with Gasteiger partial charge in [0.15, 0.2) is 0 Å². The lowest BCUT2D eigenvalue weighted by atomic mass is 10.1. The van der Waals surface area contributed by atoms with Crippen LogP contribution in [0, 0.1) is 5.92 Å². The van der Waals surface area contributed by atoms with Gasteiger partial charge < -0.3 is 10.6 Å². The molecule has 0 saturated carbocycles. The minimum absolute atomic E-state index is 0.125. The number of carbonyl (C=O) groups excluding carboxylic acids is 1. The highest BCUT2D eigenvalue weighted by molar-refractivity contribution is 5.78. The molecule has 0 aliphatic carbocycles. The van der Waals surface area contributed by atoms with Crippen molar-refractivity contribution in [2.45, 2.75) is 20.3 Å². The lowest BCUT2D eigenvalue weighted by Crippen LogP contribution is -2.35. The second kappa shape index (κ2) is 6.16. The average molecular weight is 158 g/mol. The fourth-order valence-corrected chi connectivity index (χ4v) is 0.987. The molecule has 0 aromatic rings. The van der Waals surface area contributed by atoms with Crippen molar-refractivity contribution in [2.75, 3.05) is 20.1 Å². The van der Waals surface area contributed by atoms with Crippen LogP contribution in [-0.2, 0) is 4.79 Å². The van der Waals surface area contributed by atoms with Crippen molar-refractivity contribution in [1.82, 2.24) is 10.6 Å². The Labute approximate surface area is 68.6 Å². The summed E-state index contributed by atoms with van der Waals surface area (Å²) in [6.45, 7) is 5.45. The number of amides is 1. The number of nitrogens with one attached hydrogen (secondary N) is 2. The van der Waals surface area contributed by atoms with Crippen LogP contribution in [0.15, 0.2) is 0 Å². The summed E-state index contributed by atoms with van der Waals surface area (Å²) in [7, 11) is 1.86. The third-order valence-electron chi connectivity index (χ3n) is 1.67. The fourth-order valence-electron chi connectivity index (χ4n) is 0.987. The van der Waals surface area contributed by atoms with Crippen molar-refractivity contribution in [3.63, 3.8) is 0 Å². The fraction of sp³-hybridized carbons (Fsp3) is 0.875. The maximum Gasteiger partial charge on any atom is 0.224 e. The summed E-state index contributed by atoms with van der Waals surface area (Å²) in [6, 6.07) is 0. The minimum atomic E-state index is 0.125. The van der Waals surface area contributed by atoms with Gasteiger partial charge >= 0.3 is 0 Å². The molecule has 0 spiro atoms. The summed E-state index contributed by atoms with van der Waals surface area (Å²) < 4.78 is 0. The van der Waals surface area contributed by atoms with Crippen molar-refractivity contribution in [1.29, 1.82) is 0 Å². The highest BCUT2D eigenvalue weighted by Gasteiger charge is 2.13. The first-order valence-corrected chi connectivity index (χ1v) is 4.18. The molecule has 0 aromatic heterocycles. The van der Waals surface area contributed by atoms with Crippen LogP contribution in [0.4, 0.5) is 0 Å². The van der Waals surface area contributed by atoms with Gasteiger partial charge in [0.25, 0.3) is 0 Å². The molecule has 0 bridgehead atoms. The summed E-state index contributed by atoms with van der Waals surface area (Å²) in [5, 5.41) is 5.80. The van der Waals surface area contributed by atoms with Crippen LogP contribution in [0.1, 0.15) is 20.3 Å². The van der Waals surface area contributed by atoms with E-state index in [1.807, 2.05) is 20.9 Å². The molecule has 2 N–H and O–H groups in total. The van der Waals surface area contributed by atoms with E-state index in [0.29, 0.717) is 0 Å². The zero-order valence-corrected chi connectivity index (χ0v) is 7.61. The van der Waals surface area contributed by atoms with E-state index in [0.717, 1.165) is 19.5 Å². The number of carbonyl (C=O) groups is 1. The van der Waals surface area contributed by atoms with Crippen molar-refractivity contribution in [3.8, 4) is 0 Å². The Kier molecular flexibility index (Phi) is 5.84. The molecule has 0 saturated heterocycles. The predicted octanol–water partition coefficient (Wildman–Crippen LogP) is 0.368. The molecule has 0 rings (SSSR count). The van der Waals surface area contributed by atoms with E-state index in [1.165, 1.54) is 0 Å². The predicted molar refractivity (Wildman–Crippen MR) is 46.4 cm³/mol. The molecule has 0 heterocycles. The Bertz CT molecular complexity index is 115. The van der Waals surface area contributed by atoms with Crippen LogP contribution in [0.3, 0.4) is 0 Å². The zero-order chi connectivity index (χ0) is 8.69. The van der Waals surface area contributed by atoms with E-state index >= 15 is 0 Å². The Morgan fingerprint density at radius 2 is 2.09 bits per heavy atom. The van der Waals surface area contributed by atoms with Crippen molar-refractivity contribution in [3.05, 3.63) is 0 Å². The van der Waals surface area contributed by atoms with Gasteiger partial charge in [-0.3, -0.25) is 4.79 Å². The normalized spacial score (nSPS) is 12.6. The van der Waals surface area contributed by atoms with Crippen molar-refractivity contribution >= 4 is 5.91 Å². The minimum Gasteiger partial charge on any atom is -0.356 e. The molecular formula is C8H18N2O. The molecule has 3 nitrogen and oxygen atoms in total. The maximum atomic E-state index is 11.2. The number of rotatable bonds is 5. The van der Waals surface area contributed by atoms with Crippen LogP contribution in [0.2, 0.25) is 0 Å². The molecule has 0 fully saturated rings. The molecule has 3 heteroatoms. The second-order valence-electron chi connectivity index (χ2n) is 2.56. The molecule has 0 aromatic carbocycles. The van der Waals surface area contributed by atoms with Gasteiger partial charge in [0.2, 0.25) is 5.91 Å². The van der Waals surface area contributed by atoms with Crippen LogP contribution in [0.5, 0.6) is 0 Å². The third kappa shape index (κ3) is 3.98. The summed E-state index contributed by atoms with van der Waals surface area (Å²) in [4.78, 5) is 11.2. The van der Waals surface area contributed by atoms with Gasteiger partial charge in [-0.05, 0) is 20.4 Å². The Balaban J connectivity index is 3.71. The van der Waals surface area contributed by atoms with Gasteiger partial charge in [0.05, 0.1) is 5.92 Å². The molecule has 66 valence electrons. The Morgan fingerprint density at radius 1 is 1.45 bits per heavy atom. The third-order valence-corrected chi connectivity index (χ3v) is 1.67. The molecule has 1 atom stereocenters. The van der Waals surface area contributed by atoms with Gasteiger partial charge in [0.1, 0.15) is 0 Å². The number of hydrogen-bond acceptors (Lipinski definition) is 2. The largest absolute Gasteiger partial charge is 0.356 e. The van der Waals surface area contributed by atoms with E-state index in [-0.39, 0.29) is 11.8 Å². The number of hydrogen-bond donors (Lipinski definition) is 2. The van der Waals surface area contributed by atoms with Gasteiger partial charge in [-0.25, -0.2) is 0 Å². The molecule has 1 unspecified atom stereocenters. The molecule has 11 heavy (non-hydrogen) atoms. The summed E-state index contributed by atoms with van der Waals surface area (Å²) in [5.74, 6) is 0.282. The van der Waals surface area contributed by atoms with Gasteiger partial charge in [-0.1, -0.05) is 6.92 Å². The van der Waals surface area contributed by atoms with Crippen molar-refractivity contribution < 1.29 is 4.79 Å². The van der Waals surface area contributed by atoms with E-state index in [2.05, 4.69) is 10.6 Å². The average Bonchev–Trinajstić information content (AvgIpc) is 2.00. The first kappa shape index (κ1) is 10.4. The monoisotopic (exact) mass is 158 g/mol. The summed E-state index contributed by atoms with van der Waals surface area (Å²) >= 11 is 0. The van der Waals surface area contributed by atoms with Gasteiger partial charge in [-0.15, -0.1) is 0 Å². The quantitative estimate of drug-likeness (QED) is 0.607. The summed E-state index contributed by atoms with van der Waals surface area (Å²) in [5.41, 5.74) is 0. The Hall–Kier alpha value is -0.570. The maximum absolute atomic E-state index is 11.2. The Morgan fingerprint density at radius 3 is 2.45 bits per heavy atom. The van der Waals surface area contributed by atoms with E-state index in [1.54, 1.807) is 0 Å². The second-order valence-corrected chi connectivity index (χ2v) is 2.56. The summed E-state index contributed by atoms with van der Waals surface area (Å²) in [6.07, 6.45) is 0.896. The van der Waals surface area contributed by atoms with Gasteiger partial charge in [0, 0.05) is 13.1 Å². The zero-order valence-electron chi connectivity index (χ0n) is 7.61. The highest BCUT2D eigenvalue weighted by Crippen LogP contribution is 1.99. The smallest absolute Gasteiger partial charge is 0.224 e. The van der Waals surface area contributed by atoms with Crippen LogP contribution < -0.4 is 10.6 Å². The molecular weight excluding hydrogens is 140 g/mol. The van der Waals surface area contributed by atoms with Crippen LogP contribution in [0.25, 0.3) is 0 Å².